The average molecular weight is 855 g/mol. The summed E-state index contributed by atoms with van der Waals surface area (Å²) in [5.41, 5.74) is 0.235. The van der Waals surface area contributed by atoms with Crippen molar-refractivity contribution < 1.29 is 19.5 Å². The van der Waals surface area contributed by atoms with Crippen molar-refractivity contribution in [2.45, 2.75) is 34.6 Å². The molecule has 4 nitrogen and oxygen atoms in total. The van der Waals surface area contributed by atoms with Crippen LogP contribution in [-0.2, 0) is 19.5 Å². The van der Waals surface area contributed by atoms with Gasteiger partial charge in [0.25, 0.3) is 0 Å². The Morgan fingerprint density at radius 2 is 0.714 bits per heavy atom. The Labute approximate surface area is 350 Å². The first-order chi connectivity index (χ1) is 26.7. The third kappa shape index (κ3) is 12.5. The first-order valence-electron chi connectivity index (χ1n) is 18.5. The molecule has 0 radical (unpaired) electrons. The Kier molecular flexibility index (Phi) is 19.3. The van der Waals surface area contributed by atoms with Gasteiger partial charge in [0.05, 0.1) is 17.7 Å². The zero-order valence-electron chi connectivity index (χ0n) is 32.6. The van der Waals surface area contributed by atoms with E-state index in [1.54, 1.807) is 54.6 Å². The summed E-state index contributed by atoms with van der Waals surface area (Å²) in [6, 6.07) is 59.4. The molecule has 0 spiro atoms. The van der Waals surface area contributed by atoms with Crippen molar-refractivity contribution in [1.29, 1.82) is 21.0 Å². The Morgan fingerprint density at radius 1 is 0.446 bits per heavy atom. The molecular formula is C49H47N4P2Ru+. The molecule has 1 aliphatic carbocycles. The van der Waals surface area contributed by atoms with Crippen molar-refractivity contribution in [2.24, 2.45) is 29.6 Å². The molecule has 56 heavy (non-hydrogen) atoms. The Bertz CT molecular complexity index is 1930. The summed E-state index contributed by atoms with van der Waals surface area (Å²) in [5, 5.41) is 40.9. The van der Waals surface area contributed by atoms with Crippen LogP contribution in [-0.4, -0.2) is 5.90 Å². The maximum Gasteiger partial charge on any atom is 2.00 e. The fourth-order valence-electron chi connectivity index (χ4n) is 6.82. The number of hydrogen-bond acceptors (Lipinski definition) is 4. The van der Waals surface area contributed by atoms with E-state index in [2.05, 4.69) is 162 Å². The molecule has 0 unspecified atom stereocenters. The van der Waals surface area contributed by atoms with E-state index in [0.29, 0.717) is 5.56 Å². The van der Waals surface area contributed by atoms with Crippen LogP contribution in [0.25, 0.3) is 5.57 Å². The van der Waals surface area contributed by atoms with Gasteiger partial charge in [0.1, 0.15) is 0 Å². The second kappa shape index (κ2) is 23.8. The van der Waals surface area contributed by atoms with Crippen LogP contribution in [0.3, 0.4) is 0 Å². The van der Waals surface area contributed by atoms with Crippen molar-refractivity contribution in [2.75, 3.05) is 5.90 Å². The van der Waals surface area contributed by atoms with Gasteiger partial charge >= 0.3 is 19.5 Å². The van der Waals surface area contributed by atoms with E-state index in [-0.39, 0.29) is 36.2 Å². The van der Waals surface area contributed by atoms with E-state index >= 15 is 0 Å². The van der Waals surface area contributed by atoms with Gasteiger partial charge in [0, 0.05) is 23.6 Å². The Morgan fingerprint density at radius 3 is 0.964 bits per heavy atom. The summed E-state index contributed by atoms with van der Waals surface area (Å²) < 4.78 is 0. The number of hydrogen-bond donors (Lipinski definition) is 0. The molecule has 0 amide bonds. The zero-order chi connectivity index (χ0) is 39.6. The minimum Gasteiger partial charge on any atom is -0.247 e. The van der Waals surface area contributed by atoms with Crippen molar-refractivity contribution in [3.8, 4) is 24.3 Å². The van der Waals surface area contributed by atoms with E-state index < -0.39 is 15.8 Å². The smallest absolute Gasteiger partial charge is 0.247 e. The molecule has 280 valence electrons. The maximum atomic E-state index is 8.87. The van der Waals surface area contributed by atoms with Gasteiger partial charge in [0.2, 0.25) is 0 Å². The molecule has 6 rings (SSSR count). The zero-order valence-corrected chi connectivity index (χ0v) is 36.1. The number of allylic oxidation sites excluding steroid dienone is 4. The Balaban J connectivity index is 0.000000250. The number of nitriles is 4. The number of benzene rings is 5. The molecule has 1 aliphatic rings. The van der Waals surface area contributed by atoms with Gasteiger partial charge in [-0.1, -0.05) is 203 Å². The minimum absolute atomic E-state index is 0. The van der Waals surface area contributed by atoms with Crippen molar-refractivity contribution >= 4 is 42.6 Å². The Hall–Kier alpha value is -4.98. The average Bonchev–Trinajstić information content (AvgIpc) is 3.42. The van der Waals surface area contributed by atoms with Crippen LogP contribution < -0.4 is 21.2 Å². The van der Waals surface area contributed by atoms with Gasteiger partial charge in [-0.05, 0) is 66.7 Å². The fourth-order valence-corrected chi connectivity index (χ4v) is 13.3. The SMILES string of the molecule is CC1C(C)C(C)C(C)C1C.N#CC(C#N)=[C-]C(=C(C#N)C#N)c1ccccc1.[Ru+2].c1ccc(P(CP(c2ccccc2)c2ccccc2)c2ccccc2)cc1. The van der Waals surface area contributed by atoms with Gasteiger partial charge in [0.15, 0.2) is 0 Å². The van der Waals surface area contributed by atoms with Crippen LogP contribution in [0.1, 0.15) is 40.2 Å². The van der Waals surface area contributed by atoms with Crippen molar-refractivity contribution in [3.63, 3.8) is 0 Å². The van der Waals surface area contributed by atoms with Gasteiger partial charge in [-0.2, -0.15) is 0 Å². The third-order valence-electron chi connectivity index (χ3n) is 10.7. The summed E-state index contributed by atoms with van der Waals surface area (Å²) in [4.78, 5) is 0. The molecule has 0 aromatic heterocycles. The van der Waals surface area contributed by atoms with Gasteiger partial charge in [-0.25, -0.2) is 21.0 Å². The summed E-state index contributed by atoms with van der Waals surface area (Å²) >= 11 is 0. The molecule has 0 saturated heterocycles. The fraction of sp³-hybridized carbons (Fsp3) is 0.224. The summed E-state index contributed by atoms with van der Waals surface area (Å²) in [6.07, 6.45) is 2.50. The molecule has 1 saturated carbocycles. The number of rotatable bonds is 8. The molecule has 0 N–H and O–H groups in total. The van der Waals surface area contributed by atoms with E-state index in [9.17, 15) is 0 Å². The van der Waals surface area contributed by atoms with Gasteiger partial charge in [-0.3, -0.25) is 0 Å². The van der Waals surface area contributed by atoms with E-state index in [1.807, 2.05) is 0 Å². The van der Waals surface area contributed by atoms with Gasteiger partial charge < -0.3 is 0 Å². The summed E-state index contributed by atoms with van der Waals surface area (Å²) in [5.74, 6) is 5.85. The van der Waals surface area contributed by atoms with Crippen LogP contribution in [0.15, 0.2) is 163 Å². The van der Waals surface area contributed by atoms with E-state index in [1.165, 1.54) is 27.1 Å². The van der Waals surface area contributed by atoms with Crippen molar-refractivity contribution in [1.82, 2.24) is 0 Å². The largest absolute Gasteiger partial charge is 2.00 e. The van der Waals surface area contributed by atoms with Crippen LogP contribution >= 0.6 is 15.8 Å². The molecule has 0 aliphatic heterocycles. The first kappa shape index (κ1) is 45.4. The van der Waals surface area contributed by atoms with Crippen LogP contribution in [0, 0.1) is 81.0 Å². The van der Waals surface area contributed by atoms with Crippen molar-refractivity contribution in [3.05, 3.63) is 174 Å². The van der Waals surface area contributed by atoms with E-state index in [0.717, 1.165) is 29.6 Å². The molecule has 0 heterocycles. The molecular weight excluding hydrogens is 808 g/mol. The summed E-state index contributed by atoms with van der Waals surface area (Å²) in [7, 11) is -0.817. The minimum atomic E-state index is -0.409. The predicted molar refractivity (Wildman–Crippen MR) is 231 cm³/mol. The first-order valence-corrected chi connectivity index (χ1v) is 21.6. The second-order valence-corrected chi connectivity index (χ2v) is 18.6. The molecule has 0 atom stereocenters. The number of nitrogens with zero attached hydrogens (tertiary/aromatic N) is 4. The normalized spacial score (nSPS) is 17.7. The molecule has 0 bridgehead atoms. The standard InChI is InChI=1S/C25H22P2.C14H5N4.C10H20.Ru/c1-5-13-22(14-6-1)26(23-15-7-2-8-16-23)21-27(24-17-9-3-10-18-24)25-19-11-4-12-20-25;15-7-11(8-16)6-14(13(9-17)10-18)12-4-2-1-3-5-12;1-6-7(2)9(4)10(5)8(6)3;/h1-20H,21H2;1-5H;6-10H,1-5H3;/q;-1;;+2. The molecule has 1 fully saturated rings. The van der Waals surface area contributed by atoms with E-state index in [4.69, 9.17) is 21.0 Å². The monoisotopic (exact) mass is 855 g/mol. The predicted octanol–water partition coefficient (Wildman–Crippen LogP) is 10.7. The molecule has 5 aromatic rings. The topological polar surface area (TPSA) is 95.2 Å². The van der Waals surface area contributed by atoms with Crippen LogP contribution in [0.2, 0.25) is 0 Å². The molecule has 7 heteroatoms. The maximum absolute atomic E-state index is 8.87. The van der Waals surface area contributed by atoms with Crippen LogP contribution in [0.5, 0.6) is 0 Å². The van der Waals surface area contributed by atoms with Crippen LogP contribution in [0.4, 0.5) is 0 Å². The quantitative estimate of drug-likeness (QED) is 0.0511. The van der Waals surface area contributed by atoms with Gasteiger partial charge in [-0.15, -0.1) is 0 Å². The second-order valence-electron chi connectivity index (χ2n) is 13.7. The molecule has 5 aromatic carbocycles. The third-order valence-corrected chi connectivity index (χ3v) is 16.7. The summed E-state index contributed by atoms with van der Waals surface area (Å²) in [6.45, 7) is 12.0.